The molecule has 0 spiro atoms. The Morgan fingerprint density at radius 2 is 2.15 bits per heavy atom. The van der Waals surface area contributed by atoms with Crippen molar-refractivity contribution < 1.29 is 14.6 Å². The standard InChI is InChI=1S/C10H18O3/c1-4-6-9(7-11)10(12)13-8(3)5-2/h6,8,11H,4-5,7H2,1-3H3. The average molecular weight is 186 g/mol. The molecule has 1 atom stereocenters. The number of aliphatic hydroxyl groups is 1. The number of rotatable bonds is 5. The van der Waals surface area contributed by atoms with Crippen LogP contribution >= 0.6 is 0 Å². The first-order chi connectivity index (χ1) is 6.15. The Morgan fingerprint density at radius 1 is 1.54 bits per heavy atom. The summed E-state index contributed by atoms with van der Waals surface area (Å²) in [5.41, 5.74) is 0.350. The van der Waals surface area contributed by atoms with Crippen molar-refractivity contribution in [2.45, 2.75) is 39.7 Å². The molecule has 0 saturated heterocycles. The second-order valence-corrected chi connectivity index (χ2v) is 2.92. The quantitative estimate of drug-likeness (QED) is 0.524. The van der Waals surface area contributed by atoms with E-state index in [1.165, 1.54) is 0 Å². The molecule has 0 aliphatic rings. The lowest BCUT2D eigenvalue weighted by Gasteiger charge is -2.11. The van der Waals surface area contributed by atoms with Gasteiger partial charge in [-0.1, -0.05) is 19.9 Å². The Hall–Kier alpha value is -0.830. The fourth-order valence-electron chi connectivity index (χ4n) is 0.801. The predicted molar refractivity (Wildman–Crippen MR) is 51.3 cm³/mol. The smallest absolute Gasteiger partial charge is 0.336 e. The highest BCUT2D eigenvalue weighted by atomic mass is 16.5. The van der Waals surface area contributed by atoms with E-state index in [-0.39, 0.29) is 12.7 Å². The van der Waals surface area contributed by atoms with Gasteiger partial charge in [-0.3, -0.25) is 0 Å². The maximum Gasteiger partial charge on any atom is 0.336 e. The summed E-state index contributed by atoms with van der Waals surface area (Å²) in [6, 6.07) is 0. The molecule has 1 N–H and O–H groups in total. The molecule has 0 bridgehead atoms. The monoisotopic (exact) mass is 186 g/mol. The SMILES string of the molecule is CCC=C(CO)C(=O)OC(C)CC. The zero-order valence-corrected chi connectivity index (χ0v) is 8.54. The molecule has 13 heavy (non-hydrogen) atoms. The van der Waals surface area contributed by atoms with Gasteiger partial charge in [-0.15, -0.1) is 0 Å². The highest BCUT2D eigenvalue weighted by molar-refractivity contribution is 5.88. The van der Waals surface area contributed by atoms with Gasteiger partial charge in [0.25, 0.3) is 0 Å². The minimum Gasteiger partial charge on any atom is -0.459 e. The molecule has 0 aromatic rings. The van der Waals surface area contributed by atoms with Gasteiger partial charge in [-0.25, -0.2) is 4.79 Å². The van der Waals surface area contributed by atoms with Crippen molar-refractivity contribution in [1.82, 2.24) is 0 Å². The molecule has 0 aromatic carbocycles. The van der Waals surface area contributed by atoms with Crippen LogP contribution in [0.3, 0.4) is 0 Å². The number of carbonyl (C=O) groups is 1. The molecule has 0 aliphatic carbocycles. The van der Waals surface area contributed by atoms with Gasteiger partial charge >= 0.3 is 5.97 Å². The molecule has 0 radical (unpaired) electrons. The third-order valence-electron chi connectivity index (χ3n) is 1.77. The molecule has 0 aliphatic heterocycles. The summed E-state index contributed by atoms with van der Waals surface area (Å²) in [6.45, 7) is 5.44. The summed E-state index contributed by atoms with van der Waals surface area (Å²) in [7, 11) is 0. The van der Waals surface area contributed by atoms with E-state index < -0.39 is 5.97 Å². The van der Waals surface area contributed by atoms with Crippen LogP contribution in [0.25, 0.3) is 0 Å². The van der Waals surface area contributed by atoms with Crippen LogP contribution in [0.15, 0.2) is 11.6 Å². The highest BCUT2D eigenvalue weighted by Gasteiger charge is 2.11. The van der Waals surface area contributed by atoms with Gasteiger partial charge in [-0.05, 0) is 19.8 Å². The highest BCUT2D eigenvalue weighted by Crippen LogP contribution is 2.04. The minimum atomic E-state index is -0.404. The van der Waals surface area contributed by atoms with E-state index in [0.29, 0.717) is 5.57 Å². The van der Waals surface area contributed by atoms with Crippen molar-refractivity contribution in [3.63, 3.8) is 0 Å². The maximum absolute atomic E-state index is 11.3. The number of carbonyl (C=O) groups excluding carboxylic acids is 1. The van der Waals surface area contributed by atoms with Gasteiger partial charge in [0.1, 0.15) is 0 Å². The zero-order chi connectivity index (χ0) is 10.3. The predicted octanol–water partition coefficient (Wildman–Crippen LogP) is 1.66. The van der Waals surface area contributed by atoms with Crippen LogP contribution in [0, 0.1) is 0 Å². The molecule has 0 rings (SSSR count). The first-order valence-electron chi connectivity index (χ1n) is 4.66. The number of ether oxygens (including phenoxy) is 1. The molecule has 76 valence electrons. The second-order valence-electron chi connectivity index (χ2n) is 2.92. The number of aliphatic hydroxyl groups excluding tert-OH is 1. The van der Waals surface area contributed by atoms with Crippen LogP contribution in [-0.4, -0.2) is 23.8 Å². The lowest BCUT2D eigenvalue weighted by atomic mass is 10.2. The van der Waals surface area contributed by atoms with Crippen LogP contribution in [0.2, 0.25) is 0 Å². The van der Waals surface area contributed by atoms with Gasteiger partial charge in [0, 0.05) is 0 Å². The Kier molecular flexibility index (Phi) is 6.24. The van der Waals surface area contributed by atoms with Crippen LogP contribution < -0.4 is 0 Å². The van der Waals surface area contributed by atoms with Crippen molar-refractivity contribution in [3.05, 3.63) is 11.6 Å². The summed E-state index contributed by atoms with van der Waals surface area (Å²) in [5, 5.41) is 8.84. The first-order valence-corrected chi connectivity index (χ1v) is 4.66. The van der Waals surface area contributed by atoms with Crippen LogP contribution in [0.5, 0.6) is 0 Å². The number of hydrogen-bond acceptors (Lipinski definition) is 3. The second kappa shape index (κ2) is 6.66. The Balaban J connectivity index is 4.14. The van der Waals surface area contributed by atoms with E-state index >= 15 is 0 Å². The first kappa shape index (κ1) is 12.2. The summed E-state index contributed by atoms with van der Waals surface area (Å²) in [6.07, 6.45) is 3.12. The van der Waals surface area contributed by atoms with E-state index in [0.717, 1.165) is 12.8 Å². The molecule has 1 unspecified atom stereocenters. The number of esters is 1. The number of allylic oxidation sites excluding steroid dienone is 1. The van der Waals surface area contributed by atoms with Crippen LogP contribution in [-0.2, 0) is 9.53 Å². The zero-order valence-electron chi connectivity index (χ0n) is 8.54. The minimum absolute atomic E-state index is 0.0840. The largest absolute Gasteiger partial charge is 0.459 e. The molecular weight excluding hydrogens is 168 g/mol. The van der Waals surface area contributed by atoms with E-state index in [1.807, 2.05) is 20.8 Å². The van der Waals surface area contributed by atoms with Gasteiger partial charge in [0.15, 0.2) is 0 Å². The average Bonchev–Trinajstić information content (AvgIpc) is 2.13. The molecule has 0 amide bonds. The van der Waals surface area contributed by atoms with Gasteiger partial charge in [-0.2, -0.15) is 0 Å². The van der Waals surface area contributed by atoms with Crippen LogP contribution in [0.4, 0.5) is 0 Å². The molecule has 0 aromatic heterocycles. The number of hydrogen-bond donors (Lipinski definition) is 1. The van der Waals surface area contributed by atoms with E-state index in [4.69, 9.17) is 9.84 Å². The van der Waals surface area contributed by atoms with E-state index in [9.17, 15) is 4.79 Å². The third kappa shape index (κ3) is 4.68. The summed E-state index contributed by atoms with van der Waals surface area (Å²) < 4.78 is 5.04. The summed E-state index contributed by atoms with van der Waals surface area (Å²) >= 11 is 0. The van der Waals surface area contributed by atoms with Crippen molar-refractivity contribution in [2.24, 2.45) is 0 Å². The molecule has 0 heterocycles. The molecule has 3 heteroatoms. The van der Waals surface area contributed by atoms with Gasteiger partial charge in [0.05, 0.1) is 18.3 Å². The Bertz CT molecular complexity index is 185. The lowest BCUT2D eigenvalue weighted by molar-refractivity contribution is -0.144. The van der Waals surface area contributed by atoms with Crippen molar-refractivity contribution >= 4 is 5.97 Å². The van der Waals surface area contributed by atoms with Crippen LogP contribution in [0.1, 0.15) is 33.6 Å². The molecule has 0 saturated carbocycles. The van der Waals surface area contributed by atoms with Gasteiger partial charge < -0.3 is 9.84 Å². The Morgan fingerprint density at radius 3 is 2.54 bits per heavy atom. The maximum atomic E-state index is 11.3. The fraction of sp³-hybridized carbons (Fsp3) is 0.700. The van der Waals surface area contributed by atoms with Gasteiger partial charge in [0.2, 0.25) is 0 Å². The lowest BCUT2D eigenvalue weighted by Crippen LogP contribution is -2.17. The molecular formula is C10H18O3. The summed E-state index contributed by atoms with van der Waals surface area (Å²) in [5.74, 6) is -0.404. The fourth-order valence-corrected chi connectivity index (χ4v) is 0.801. The Labute approximate surface area is 79.4 Å². The summed E-state index contributed by atoms with van der Waals surface area (Å²) in [4.78, 5) is 11.3. The van der Waals surface area contributed by atoms with E-state index in [2.05, 4.69) is 0 Å². The molecule has 3 nitrogen and oxygen atoms in total. The van der Waals surface area contributed by atoms with Crippen molar-refractivity contribution in [2.75, 3.05) is 6.61 Å². The normalized spacial score (nSPS) is 14.0. The van der Waals surface area contributed by atoms with E-state index in [1.54, 1.807) is 6.08 Å². The van der Waals surface area contributed by atoms with Crippen molar-refractivity contribution in [1.29, 1.82) is 0 Å². The molecule has 0 fully saturated rings. The topological polar surface area (TPSA) is 46.5 Å². The third-order valence-corrected chi connectivity index (χ3v) is 1.77. The van der Waals surface area contributed by atoms with Crippen molar-refractivity contribution in [3.8, 4) is 0 Å².